The molecule has 0 radical (unpaired) electrons. The van der Waals surface area contributed by atoms with E-state index in [1.165, 1.54) is 5.56 Å². The Hall–Kier alpha value is -2.66. The normalized spacial score (nSPS) is 18.0. The van der Waals surface area contributed by atoms with E-state index >= 15 is 0 Å². The van der Waals surface area contributed by atoms with Gasteiger partial charge in [0.15, 0.2) is 0 Å². The molecule has 0 saturated carbocycles. The number of aromatic nitrogens is 2. The van der Waals surface area contributed by atoms with E-state index in [4.69, 9.17) is 0 Å². The highest BCUT2D eigenvalue weighted by atomic mass is 16.2. The summed E-state index contributed by atoms with van der Waals surface area (Å²) < 4.78 is 0. The fourth-order valence-electron chi connectivity index (χ4n) is 3.40. The predicted octanol–water partition coefficient (Wildman–Crippen LogP) is 2.28. The maximum absolute atomic E-state index is 13.0. The molecule has 1 fully saturated rings. The molecule has 1 atom stereocenters. The number of fused-ring (bicyclic) bond motifs is 1. The molecule has 0 spiro atoms. The van der Waals surface area contributed by atoms with Crippen molar-refractivity contribution in [1.29, 1.82) is 0 Å². The lowest BCUT2D eigenvalue weighted by Crippen LogP contribution is -2.49. The summed E-state index contributed by atoms with van der Waals surface area (Å²) in [6, 6.07) is 14.2. The van der Waals surface area contributed by atoms with Crippen LogP contribution in [0.25, 0.3) is 11.0 Å². The lowest BCUT2D eigenvalue weighted by molar-refractivity contribution is -0.133. The second kappa shape index (κ2) is 6.45. The van der Waals surface area contributed by atoms with Gasteiger partial charge in [0.05, 0.1) is 12.5 Å². The average molecular weight is 320 g/mol. The lowest BCUT2D eigenvalue weighted by Gasteiger charge is -2.36. The first-order valence-electron chi connectivity index (χ1n) is 8.29. The van der Waals surface area contributed by atoms with Crippen LogP contribution in [0.5, 0.6) is 0 Å². The number of hydrogen-bond donors (Lipinski definition) is 2. The maximum atomic E-state index is 13.0. The molecule has 1 amide bonds. The van der Waals surface area contributed by atoms with Gasteiger partial charge >= 0.3 is 0 Å². The fraction of sp³-hybridized carbons (Fsp3) is 0.263. The van der Waals surface area contributed by atoms with E-state index in [2.05, 4.69) is 27.4 Å². The van der Waals surface area contributed by atoms with Gasteiger partial charge in [-0.1, -0.05) is 30.3 Å². The van der Waals surface area contributed by atoms with Gasteiger partial charge in [-0.15, -0.1) is 0 Å². The van der Waals surface area contributed by atoms with Gasteiger partial charge < -0.3 is 15.2 Å². The van der Waals surface area contributed by atoms with Crippen LogP contribution in [0.3, 0.4) is 0 Å². The summed E-state index contributed by atoms with van der Waals surface area (Å²) in [7, 11) is 0. The smallest absolute Gasteiger partial charge is 0.227 e. The van der Waals surface area contributed by atoms with Crippen molar-refractivity contribution in [2.45, 2.75) is 12.5 Å². The van der Waals surface area contributed by atoms with Crippen LogP contribution in [0.1, 0.15) is 17.2 Å². The number of carbonyl (C=O) groups is 1. The first-order chi connectivity index (χ1) is 11.8. The molecule has 1 unspecified atom stereocenters. The predicted molar refractivity (Wildman–Crippen MR) is 93.6 cm³/mol. The minimum Gasteiger partial charge on any atom is -0.346 e. The Kier molecular flexibility index (Phi) is 4.01. The molecule has 2 aromatic heterocycles. The van der Waals surface area contributed by atoms with Crippen LogP contribution in [-0.2, 0) is 11.2 Å². The molecule has 24 heavy (non-hydrogen) atoms. The molecule has 1 aliphatic rings. The van der Waals surface area contributed by atoms with Gasteiger partial charge in [0.2, 0.25) is 5.91 Å². The zero-order valence-corrected chi connectivity index (χ0v) is 13.4. The lowest BCUT2D eigenvalue weighted by atomic mass is 10.0. The molecule has 0 aliphatic carbocycles. The quantitative estimate of drug-likeness (QED) is 0.778. The van der Waals surface area contributed by atoms with Crippen molar-refractivity contribution in [2.24, 2.45) is 0 Å². The Morgan fingerprint density at radius 1 is 1.21 bits per heavy atom. The number of pyridine rings is 1. The highest BCUT2D eigenvalue weighted by Crippen LogP contribution is 2.24. The van der Waals surface area contributed by atoms with E-state index in [0.29, 0.717) is 6.42 Å². The second-order valence-electron chi connectivity index (χ2n) is 6.11. The standard InChI is InChI=1S/C19H20N4O/c24-18(11-15-12-22-19-16(15)7-4-8-21-19)23-10-9-20-13-17(23)14-5-2-1-3-6-14/h1-8,12,17,20H,9-11,13H2,(H,21,22). The molecule has 0 bridgehead atoms. The fourth-order valence-corrected chi connectivity index (χ4v) is 3.40. The third kappa shape index (κ3) is 2.78. The number of H-pyrrole nitrogens is 1. The molecule has 1 saturated heterocycles. The van der Waals surface area contributed by atoms with Gasteiger partial charge in [-0.05, 0) is 23.3 Å². The third-order valence-corrected chi connectivity index (χ3v) is 4.63. The largest absolute Gasteiger partial charge is 0.346 e. The Bertz CT molecular complexity index is 843. The van der Waals surface area contributed by atoms with Crippen LogP contribution in [0.2, 0.25) is 0 Å². The zero-order chi connectivity index (χ0) is 16.4. The maximum Gasteiger partial charge on any atom is 0.227 e. The van der Waals surface area contributed by atoms with E-state index in [0.717, 1.165) is 36.2 Å². The van der Waals surface area contributed by atoms with Crippen LogP contribution < -0.4 is 5.32 Å². The summed E-state index contributed by atoms with van der Waals surface area (Å²) in [6.45, 7) is 2.37. The monoisotopic (exact) mass is 320 g/mol. The van der Waals surface area contributed by atoms with Crippen LogP contribution in [0, 0.1) is 0 Å². The van der Waals surface area contributed by atoms with Gasteiger partial charge in [-0.3, -0.25) is 4.79 Å². The topological polar surface area (TPSA) is 61.0 Å². The van der Waals surface area contributed by atoms with Gasteiger partial charge in [0, 0.05) is 37.4 Å². The van der Waals surface area contributed by atoms with Gasteiger partial charge in [-0.2, -0.15) is 0 Å². The van der Waals surface area contributed by atoms with Crippen molar-refractivity contribution in [3.8, 4) is 0 Å². The molecule has 4 rings (SSSR count). The number of amides is 1. The summed E-state index contributed by atoms with van der Waals surface area (Å²) >= 11 is 0. The minimum atomic E-state index is 0.0933. The van der Waals surface area contributed by atoms with Gasteiger partial charge in [-0.25, -0.2) is 4.98 Å². The Labute approximate surface area is 140 Å². The summed E-state index contributed by atoms with van der Waals surface area (Å²) in [5.41, 5.74) is 3.02. The number of rotatable bonds is 3. The zero-order valence-electron chi connectivity index (χ0n) is 13.4. The average Bonchev–Trinajstić information content (AvgIpc) is 3.05. The highest BCUT2D eigenvalue weighted by Gasteiger charge is 2.28. The van der Waals surface area contributed by atoms with E-state index in [1.54, 1.807) is 6.20 Å². The molecule has 122 valence electrons. The summed E-state index contributed by atoms with van der Waals surface area (Å²) in [6.07, 6.45) is 4.05. The summed E-state index contributed by atoms with van der Waals surface area (Å²) in [5.74, 6) is 0.162. The van der Waals surface area contributed by atoms with Crippen molar-refractivity contribution < 1.29 is 4.79 Å². The van der Waals surface area contributed by atoms with E-state index in [-0.39, 0.29) is 11.9 Å². The Morgan fingerprint density at radius 3 is 2.96 bits per heavy atom. The van der Waals surface area contributed by atoms with Crippen molar-refractivity contribution in [2.75, 3.05) is 19.6 Å². The summed E-state index contributed by atoms with van der Waals surface area (Å²) in [5, 5.41) is 4.42. The van der Waals surface area contributed by atoms with E-state index in [9.17, 15) is 4.79 Å². The number of piperazine rings is 1. The van der Waals surface area contributed by atoms with E-state index < -0.39 is 0 Å². The van der Waals surface area contributed by atoms with Crippen molar-refractivity contribution >= 4 is 16.9 Å². The molecular formula is C19H20N4O. The molecule has 3 aromatic rings. The van der Waals surface area contributed by atoms with E-state index in [1.807, 2.05) is 41.4 Å². The Morgan fingerprint density at radius 2 is 2.08 bits per heavy atom. The van der Waals surface area contributed by atoms with Crippen LogP contribution in [-0.4, -0.2) is 40.4 Å². The van der Waals surface area contributed by atoms with Crippen LogP contribution >= 0.6 is 0 Å². The molecular weight excluding hydrogens is 300 g/mol. The van der Waals surface area contributed by atoms with Crippen molar-refractivity contribution in [3.05, 3.63) is 66.0 Å². The summed E-state index contributed by atoms with van der Waals surface area (Å²) in [4.78, 5) is 22.4. The van der Waals surface area contributed by atoms with Crippen molar-refractivity contribution in [3.63, 3.8) is 0 Å². The first-order valence-corrected chi connectivity index (χ1v) is 8.29. The molecule has 1 aliphatic heterocycles. The Balaban J connectivity index is 1.58. The number of nitrogens with zero attached hydrogens (tertiary/aromatic N) is 2. The molecule has 1 aromatic carbocycles. The number of benzene rings is 1. The highest BCUT2D eigenvalue weighted by molar-refractivity contribution is 5.87. The van der Waals surface area contributed by atoms with Crippen LogP contribution in [0.15, 0.2) is 54.9 Å². The van der Waals surface area contributed by atoms with Crippen molar-refractivity contribution in [1.82, 2.24) is 20.2 Å². The molecule has 2 N–H and O–H groups in total. The van der Waals surface area contributed by atoms with Gasteiger partial charge in [0.25, 0.3) is 0 Å². The molecule has 3 heterocycles. The van der Waals surface area contributed by atoms with Gasteiger partial charge in [0.1, 0.15) is 5.65 Å². The molecule has 5 heteroatoms. The molecule has 5 nitrogen and oxygen atoms in total. The minimum absolute atomic E-state index is 0.0933. The number of nitrogens with one attached hydrogen (secondary N) is 2. The number of hydrogen-bond acceptors (Lipinski definition) is 3. The third-order valence-electron chi connectivity index (χ3n) is 4.63. The first kappa shape index (κ1) is 14.9. The second-order valence-corrected chi connectivity index (χ2v) is 6.11. The number of aromatic amines is 1. The number of carbonyl (C=O) groups excluding carboxylic acids is 1. The van der Waals surface area contributed by atoms with Crippen LogP contribution in [0.4, 0.5) is 0 Å². The SMILES string of the molecule is O=C(Cc1c[nH]c2ncccc12)N1CCNCC1c1ccccc1.